The second-order valence-corrected chi connectivity index (χ2v) is 25.7. The molecule has 8 rings (SSSR count). The van der Waals surface area contributed by atoms with Crippen LogP contribution in [0.4, 0.5) is 11.4 Å². The Labute approximate surface area is 398 Å². The number of hydrogen-bond donors (Lipinski definition) is 2. The summed E-state index contributed by atoms with van der Waals surface area (Å²) in [6.07, 6.45) is 13.3. The maximum atomic E-state index is 14.1. The number of carbonyl (C=O) groups is 1. The largest absolute Gasteiger partial charge is 0.455 e. The first-order chi connectivity index (χ1) is 31.9. The van der Waals surface area contributed by atoms with Gasteiger partial charge in [-0.25, -0.2) is 18.1 Å². The lowest BCUT2D eigenvalue weighted by molar-refractivity contribution is -0.385. The number of H-pyrrole nitrogens is 1. The lowest BCUT2D eigenvalue weighted by Gasteiger charge is -2.39. The fraction of sp³-hybridized carbons (Fsp3) is 0.420. The summed E-state index contributed by atoms with van der Waals surface area (Å²) in [6.45, 7) is 12.7. The molecule has 3 aliphatic rings. The molecule has 0 bridgehead atoms. The third-order valence-electron chi connectivity index (χ3n) is 13.5. The molecule has 2 aromatic heterocycles. The average molecular weight is 971 g/mol. The highest BCUT2D eigenvalue weighted by Crippen LogP contribution is 2.44. The number of allylic oxidation sites excluding steroid dienone is 1. The van der Waals surface area contributed by atoms with Gasteiger partial charge in [-0.1, -0.05) is 49.2 Å². The van der Waals surface area contributed by atoms with E-state index in [1.165, 1.54) is 35.0 Å². The van der Waals surface area contributed by atoms with E-state index in [1.54, 1.807) is 37.6 Å². The lowest BCUT2D eigenvalue weighted by Crippen LogP contribution is -2.47. The topological polar surface area (TPSA) is 163 Å². The Kier molecular flexibility index (Phi) is 14.7. The van der Waals surface area contributed by atoms with Crippen LogP contribution in [0.5, 0.6) is 11.5 Å². The number of carbonyl (C=O) groups excluding carboxylic acids is 1. The number of anilines is 1. The number of piperazine rings is 1. The normalized spacial score (nSPS) is 18.5. The number of hydrogen-bond acceptors (Lipinski definition) is 11. The molecule has 0 saturated carbocycles. The summed E-state index contributed by atoms with van der Waals surface area (Å²) in [4.78, 5) is 40.1. The molecule has 356 valence electrons. The molecule has 1 unspecified atom stereocenters. The number of methoxy groups -OCH3 is 1. The number of nitrogens with zero attached hydrogens (tertiary/aromatic N) is 5. The second-order valence-electron chi connectivity index (χ2n) is 19.4. The number of amides is 1. The van der Waals surface area contributed by atoms with E-state index in [9.17, 15) is 23.3 Å². The predicted octanol–water partition coefficient (Wildman–Crippen LogP) is 9.02. The van der Waals surface area contributed by atoms with E-state index in [1.807, 2.05) is 18.2 Å². The van der Waals surface area contributed by atoms with Crippen LogP contribution < -0.4 is 14.4 Å². The van der Waals surface area contributed by atoms with Gasteiger partial charge in [-0.15, -0.1) is 13.2 Å². The number of rotatable bonds is 16. The minimum atomic E-state index is -4.58. The average Bonchev–Trinajstić information content (AvgIpc) is 3.76. The number of halogens is 1. The molecular formula is C50H61ClN7O7PS. The summed E-state index contributed by atoms with van der Waals surface area (Å²) in [6, 6.07) is 20.7. The molecule has 2 fully saturated rings. The van der Waals surface area contributed by atoms with Gasteiger partial charge in [0.05, 0.1) is 28.2 Å². The Morgan fingerprint density at radius 3 is 2.48 bits per heavy atom. The quantitative estimate of drug-likeness (QED) is 0.0551. The summed E-state index contributed by atoms with van der Waals surface area (Å²) in [5, 5.41) is 14.0. The first-order valence-electron chi connectivity index (χ1n) is 22.9. The minimum Gasteiger partial charge on any atom is -0.455 e. The van der Waals surface area contributed by atoms with Crippen molar-refractivity contribution in [2.45, 2.75) is 44.4 Å². The number of nitro groups is 1. The number of nitro benzene ring substituents is 1. The zero-order chi connectivity index (χ0) is 47.5. The SMILES string of the molecule is C=P1(C)CCN(CC(COC)Cc2ccc(S(=O)(=O)NC(=O)c3ccc(N4CCN(CC5=C(c6ccc(Cl)cc6)CC(C)(C)CC5)CC4)cc3Oc3cnc4[nH]ccc4c3)cc2[N+](=O)[O-])CC1. The fourth-order valence-corrected chi connectivity index (χ4v) is 12.4. The van der Waals surface area contributed by atoms with Crippen LogP contribution in [0.3, 0.4) is 0 Å². The van der Waals surface area contributed by atoms with E-state index in [-0.39, 0.29) is 28.3 Å². The Morgan fingerprint density at radius 1 is 1.01 bits per heavy atom. The number of nitrogens with one attached hydrogen (secondary N) is 2. The maximum absolute atomic E-state index is 14.1. The molecule has 0 radical (unpaired) electrons. The molecule has 3 aromatic carbocycles. The van der Waals surface area contributed by atoms with Crippen molar-refractivity contribution in [3.05, 3.63) is 123 Å². The molecule has 1 atom stereocenters. The summed E-state index contributed by atoms with van der Waals surface area (Å²) in [5.74, 6) is -0.519. The predicted molar refractivity (Wildman–Crippen MR) is 270 cm³/mol. The summed E-state index contributed by atoms with van der Waals surface area (Å²) < 4.78 is 41.8. The van der Waals surface area contributed by atoms with Crippen molar-refractivity contribution in [2.75, 3.05) is 90.0 Å². The van der Waals surface area contributed by atoms with Crippen molar-refractivity contribution >= 4 is 68.7 Å². The van der Waals surface area contributed by atoms with Crippen molar-refractivity contribution in [2.24, 2.45) is 11.3 Å². The monoisotopic (exact) mass is 969 g/mol. The molecule has 1 aliphatic carbocycles. The van der Waals surface area contributed by atoms with Crippen LogP contribution in [0.1, 0.15) is 54.6 Å². The van der Waals surface area contributed by atoms with Gasteiger partial charge in [0.1, 0.15) is 17.1 Å². The molecule has 67 heavy (non-hydrogen) atoms. The smallest absolute Gasteiger partial charge is 0.273 e. The highest BCUT2D eigenvalue weighted by Gasteiger charge is 2.31. The van der Waals surface area contributed by atoms with Gasteiger partial charge in [-0.05, 0) is 110 Å². The van der Waals surface area contributed by atoms with Crippen LogP contribution in [0.15, 0.2) is 95.7 Å². The van der Waals surface area contributed by atoms with Gasteiger partial charge >= 0.3 is 0 Å². The number of benzene rings is 3. The summed E-state index contributed by atoms with van der Waals surface area (Å²) in [7, 11) is -2.98. The van der Waals surface area contributed by atoms with E-state index in [4.69, 9.17) is 21.1 Å². The summed E-state index contributed by atoms with van der Waals surface area (Å²) in [5.41, 5.74) is 5.82. The standard InChI is InChI=1S/C50H61ClN7O7PS/c1-50(2)16-14-39(45(30-50)36-6-9-40(51)10-7-36)33-55-18-20-57(21-19-55)41-11-13-44(47(28-41)65-42-27-38-15-17-52-48(38)53-31-42)49(59)54-67(62,63)43-12-8-37(46(29-43)58(60)61)26-35(34-64-3)32-56-22-24-66(4,5)25-23-56/h6-13,15,17,27-29,31,35H,4,14,16,18-26,30,32-34H2,1-3,5H3,(H,52,53)(H,54,59). The Bertz CT molecular complexity index is 2810. The number of aromatic nitrogens is 2. The number of sulfonamides is 1. The van der Waals surface area contributed by atoms with E-state index in [0.29, 0.717) is 36.5 Å². The first kappa shape index (κ1) is 48.4. The molecule has 17 heteroatoms. The van der Waals surface area contributed by atoms with Gasteiger partial charge in [-0.2, -0.15) is 0 Å². The molecule has 0 spiro atoms. The number of ether oxygens (including phenoxy) is 2. The molecular weight excluding hydrogens is 909 g/mol. The van der Waals surface area contributed by atoms with Crippen molar-refractivity contribution in [1.82, 2.24) is 24.5 Å². The van der Waals surface area contributed by atoms with E-state index in [0.717, 1.165) is 99.6 Å². The fourth-order valence-electron chi connectivity index (χ4n) is 9.53. The molecule has 2 aliphatic heterocycles. The minimum absolute atomic E-state index is 0.0328. The molecule has 1 amide bonds. The zero-order valence-corrected chi connectivity index (χ0v) is 41.3. The van der Waals surface area contributed by atoms with E-state index in [2.05, 4.69) is 68.3 Å². The van der Waals surface area contributed by atoms with Gasteiger partial charge in [0.25, 0.3) is 21.6 Å². The third-order valence-corrected chi connectivity index (χ3v) is 17.6. The van der Waals surface area contributed by atoms with Crippen molar-refractivity contribution < 1.29 is 27.6 Å². The van der Waals surface area contributed by atoms with Gasteiger partial charge in [0.2, 0.25) is 0 Å². The van der Waals surface area contributed by atoms with Crippen molar-refractivity contribution in [3.63, 3.8) is 0 Å². The van der Waals surface area contributed by atoms with Crippen LogP contribution >= 0.6 is 18.5 Å². The molecule has 2 N–H and O–H groups in total. The van der Waals surface area contributed by atoms with Crippen molar-refractivity contribution in [1.29, 1.82) is 0 Å². The van der Waals surface area contributed by atoms with Gasteiger partial charge in [0.15, 0.2) is 0 Å². The molecule has 14 nitrogen and oxygen atoms in total. The van der Waals surface area contributed by atoms with Crippen molar-refractivity contribution in [3.8, 4) is 11.5 Å². The summed E-state index contributed by atoms with van der Waals surface area (Å²) >= 11 is 6.26. The van der Waals surface area contributed by atoms with Crippen LogP contribution in [0.2, 0.25) is 5.02 Å². The highest BCUT2D eigenvalue weighted by atomic mass is 35.5. The van der Waals surface area contributed by atoms with E-state index < -0.39 is 32.6 Å². The van der Waals surface area contributed by atoms with Gasteiger partial charge < -0.3 is 24.3 Å². The van der Waals surface area contributed by atoms with E-state index >= 15 is 0 Å². The van der Waals surface area contributed by atoms with Gasteiger partial charge in [0, 0.05) is 99.5 Å². The Hall–Kier alpha value is -5.02. The number of aromatic amines is 1. The molecule has 5 aromatic rings. The Morgan fingerprint density at radius 2 is 1.76 bits per heavy atom. The number of pyridine rings is 1. The first-order valence-corrected chi connectivity index (χ1v) is 27.5. The molecule has 2 saturated heterocycles. The van der Waals surface area contributed by atoms with Crippen LogP contribution in [0, 0.1) is 21.4 Å². The second kappa shape index (κ2) is 20.3. The Balaban J connectivity index is 0.996. The number of fused-ring (bicyclic) bond motifs is 1. The lowest BCUT2D eigenvalue weighted by atomic mass is 9.72. The van der Waals surface area contributed by atoms with Crippen LogP contribution in [-0.2, 0) is 21.2 Å². The molecule has 4 heterocycles. The maximum Gasteiger partial charge on any atom is 0.273 e. The van der Waals surface area contributed by atoms with Crippen LogP contribution in [0.25, 0.3) is 16.6 Å². The zero-order valence-electron chi connectivity index (χ0n) is 38.8. The third kappa shape index (κ3) is 12.0. The van der Waals surface area contributed by atoms with Crippen LogP contribution in [-0.4, -0.2) is 130 Å². The highest BCUT2D eigenvalue weighted by molar-refractivity contribution is 7.90. The van der Waals surface area contributed by atoms with Gasteiger partial charge in [-0.3, -0.25) is 19.8 Å².